The maximum atomic E-state index is 5.78. The number of halogens is 2. The number of nitrogens with zero attached hydrogens (tertiary/aromatic N) is 4. The SMILES string of the molecule is Nc1ncn(Cc2c(Br)cccc2Br)c2ncnc1-2. The Kier molecular flexibility index (Phi) is 3.24. The van der Waals surface area contributed by atoms with Crippen molar-refractivity contribution in [1.82, 2.24) is 19.5 Å². The summed E-state index contributed by atoms with van der Waals surface area (Å²) in [6.45, 7) is 0.629. The molecular weight excluding hydrogens is 374 g/mol. The summed E-state index contributed by atoms with van der Waals surface area (Å²) in [5, 5.41) is 0. The summed E-state index contributed by atoms with van der Waals surface area (Å²) in [6.07, 6.45) is 3.17. The Morgan fingerprint density at radius 2 is 1.84 bits per heavy atom. The van der Waals surface area contributed by atoms with Crippen LogP contribution in [0.25, 0.3) is 11.5 Å². The first-order valence-electron chi connectivity index (χ1n) is 5.51. The third-order valence-corrected chi connectivity index (χ3v) is 4.31. The summed E-state index contributed by atoms with van der Waals surface area (Å²) < 4.78 is 3.97. The quantitative estimate of drug-likeness (QED) is 0.739. The Morgan fingerprint density at radius 3 is 2.58 bits per heavy atom. The number of fused-ring (bicyclic) bond motifs is 1. The largest absolute Gasteiger partial charge is 0.382 e. The van der Waals surface area contributed by atoms with Crippen LogP contribution in [0, 0.1) is 0 Å². The minimum Gasteiger partial charge on any atom is -0.382 e. The van der Waals surface area contributed by atoms with Crippen LogP contribution in [0.5, 0.6) is 0 Å². The topological polar surface area (TPSA) is 69.6 Å². The highest BCUT2D eigenvalue weighted by Gasteiger charge is 2.16. The minimum absolute atomic E-state index is 0.398. The van der Waals surface area contributed by atoms with Crippen molar-refractivity contribution >= 4 is 37.7 Å². The molecule has 2 heterocycles. The van der Waals surface area contributed by atoms with Crippen molar-refractivity contribution in [3.8, 4) is 11.5 Å². The summed E-state index contributed by atoms with van der Waals surface area (Å²) >= 11 is 7.10. The average Bonchev–Trinajstić information content (AvgIpc) is 2.87. The molecule has 0 aromatic heterocycles. The molecule has 2 aliphatic heterocycles. The van der Waals surface area contributed by atoms with Gasteiger partial charge in [0.1, 0.15) is 12.0 Å². The van der Waals surface area contributed by atoms with Crippen molar-refractivity contribution in [3.63, 3.8) is 0 Å². The van der Waals surface area contributed by atoms with E-state index in [4.69, 9.17) is 5.73 Å². The highest BCUT2D eigenvalue weighted by atomic mass is 79.9. The molecule has 5 nitrogen and oxygen atoms in total. The summed E-state index contributed by atoms with van der Waals surface area (Å²) in [4.78, 5) is 12.5. The van der Waals surface area contributed by atoms with E-state index in [0.717, 1.165) is 20.3 Å². The molecule has 7 heteroatoms. The zero-order chi connectivity index (χ0) is 13.4. The van der Waals surface area contributed by atoms with Gasteiger partial charge in [0, 0.05) is 14.5 Å². The molecular formula is C12H9Br2N5. The third-order valence-electron chi connectivity index (χ3n) is 2.82. The Hall–Kier alpha value is -1.47. The van der Waals surface area contributed by atoms with E-state index < -0.39 is 0 Å². The molecule has 1 aromatic rings. The fourth-order valence-corrected chi connectivity index (χ4v) is 3.12. The van der Waals surface area contributed by atoms with Crippen molar-refractivity contribution in [2.75, 3.05) is 5.73 Å². The smallest absolute Gasteiger partial charge is 0.165 e. The van der Waals surface area contributed by atoms with E-state index in [1.807, 2.05) is 22.8 Å². The van der Waals surface area contributed by atoms with Gasteiger partial charge in [0.05, 0.1) is 12.9 Å². The predicted octanol–water partition coefficient (Wildman–Crippen LogP) is 2.93. The first kappa shape index (κ1) is 12.6. The number of aromatic nitrogens is 4. The van der Waals surface area contributed by atoms with Crippen molar-refractivity contribution in [2.24, 2.45) is 0 Å². The number of anilines is 1. The second-order valence-corrected chi connectivity index (χ2v) is 5.71. The number of hydrogen-bond donors (Lipinski definition) is 1. The van der Waals surface area contributed by atoms with Crippen LogP contribution in [0.3, 0.4) is 0 Å². The Balaban J connectivity index is 2.07. The van der Waals surface area contributed by atoms with Crippen LogP contribution in [0.15, 0.2) is 39.8 Å². The molecule has 0 aliphatic carbocycles. The number of benzene rings is 1. The van der Waals surface area contributed by atoms with Crippen LogP contribution >= 0.6 is 31.9 Å². The molecule has 1 aromatic carbocycles. The normalized spacial score (nSPS) is 11.1. The lowest BCUT2D eigenvalue weighted by molar-refractivity contribution is 0.757. The maximum absolute atomic E-state index is 5.78. The standard InChI is InChI=1S/C12H9Br2N5/c13-8-2-1-3-9(14)7(8)4-19-6-18-11(15)10-12(19)17-5-16-10/h1-3,5-6H,4,15H2. The first-order valence-corrected chi connectivity index (χ1v) is 7.09. The maximum Gasteiger partial charge on any atom is 0.165 e. The van der Waals surface area contributed by atoms with Gasteiger partial charge in [-0.15, -0.1) is 0 Å². The van der Waals surface area contributed by atoms with Crippen LogP contribution in [0.2, 0.25) is 0 Å². The van der Waals surface area contributed by atoms with Crippen LogP contribution in [0.4, 0.5) is 5.82 Å². The van der Waals surface area contributed by atoms with E-state index in [-0.39, 0.29) is 0 Å². The average molecular weight is 383 g/mol. The van der Waals surface area contributed by atoms with Gasteiger partial charge in [-0.3, -0.25) is 0 Å². The van der Waals surface area contributed by atoms with Crippen molar-refractivity contribution in [1.29, 1.82) is 0 Å². The van der Waals surface area contributed by atoms with Gasteiger partial charge in [0.25, 0.3) is 0 Å². The van der Waals surface area contributed by atoms with Crippen LogP contribution in [-0.4, -0.2) is 19.5 Å². The fraction of sp³-hybridized carbons (Fsp3) is 0.0833. The second-order valence-electron chi connectivity index (χ2n) is 4.00. The van der Waals surface area contributed by atoms with Gasteiger partial charge in [-0.1, -0.05) is 37.9 Å². The highest BCUT2D eigenvalue weighted by molar-refractivity contribution is 9.11. The van der Waals surface area contributed by atoms with Gasteiger partial charge in [-0.05, 0) is 12.1 Å². The molecule has 2 N–H and O–H groups in total. The summed E-state index contributed by atoms with van der Waals surface area (Å²) in [5.41, 5.74) is 7.52. The molecule has 0 bridgehead atoms. The van der Waals surface area contributed by atoms with Crippen molar-refractivity contribution < 1.29 is 0 Å². The van der Waals surface area contributed by atoms with Gasteiger partial charge < -0.3 is 10.3 Å². The van der Waals surface area contributed by atoms with Gasteiger partial charge in [0.15, 0.2) is 11.6 Å². The minimum atomic E-state index is 0.398. The molecule has 2 aliphatic rings. The number of nitrogens with two attached hydrogens (primary N) is 1. The van der Waals surface area contributed by atoms with Crippen LogP contribution in [0.1, 0.15) is 5.56 Å². The monoisotopic (exact) mass is 381 g/mol. The van der Waals surface area contributed by atoms with Gasteiger partial charge in [-0.2, -0.15) is 0 Å². The van der Waals surface area contributed by atoms with E-state index in [9.17, 15) is 0 Å². The molecule has 0 saturated carbocycles. The summed E-state index contributed by atoms with van der Waals surface area (Å²) in [6, 6.07) is 5.97. The van der Waals surface area contributed by atoms with E-state index in [1.54, 1.807) is 6.33 Å². The molecule has 0 amide bonds. The van der Waals surface area contributed by atoms with Gasteiger partial charge in [-0.25, -0.2) is 15.0 Å². The van der Waals surface area contributed by atoms with E-state index in [1.165, 1.54) is 6.33 Å². The lowest BCUT2D eigenvalue weighted by atomic mass is 10.2. The zero-order valence-electron chi connectivity index (χ0n) is 9.72. The zero-order valence-corrected chi connectivity index (χ0v) is 12.9. The molecule has 0 spiro atoms. The lowest BCUT2D eigenvalue weighted by Crippen LogP contribution is -2.09. The number of imidazole rings is 1. The molecule has 96 valence electrons. The van der Waals surface area contributed by atoms with Gasteiger partial charge in [0.2, 0.25) is 0 Å². The van der Waals surface area contributed by atoms with Gasteiger partial charge >= 0.3 is 0 Å². The third kappa shape index (κ3) is 2.23. The van der Waals surface area contributed by atoms with E-state index >= 15 is 0 Å². The molecule has 19 heavy (non-hydrogen) atoms. The molecule has 0 fully saturated rings. The Morgan fingerprint density at radius 1 is 1.11 bits per heavy atom. The van der Waals surface area contributed by atoms with Crippen molar-refractivity contribution in [2.45, 2.75) is 6.54 Å². The molecule has 0 unspecified atom stereocenters. The molecule has 0 radical (unpaired) electrons. The fourth-order valence-electron chi connectivity index (χ4n) is 1.87. The number of rotatable bonds is 2. The Bertz CT molecular complexity index is 689. The van der Waals surface area contributed by atoms with Crippen molar-refractivity contribution in [3.05, 3.63) is 45.4 Å². The predicted molar refractivity (Wildman–Crippen MR) is 79.8 cm³/mol. The molecule has 3 rings (SSSR count). The van der Waals surface area contributed by atoms with E-state index in [2.05, 4.69) is 46.8 Å². The second kappa shape index (κ2) is 4.90. The first-order chi connectivity index (χ1) is 9.16. The number of hydrogen-bond acceptors (Lipinski definition) is 4. The molecule has 0 atom stereocenters. The lowest BCUT2D eigenvalue weighted by Gasteiger charge is -2.13. The Labute approximate surface area is 126 Å². The summed E-state index contributed by atoms with van der Waals surface area (Å²) in [5.74, 6) is 1.13. The summed E-state index contributed by atoms with van der Waals surface area (Å²) in [7, 11) is 0. The highest BCUT2D eigenvalue weighted by Crippen LogP contribution is 2.28. The number of nitrogen functional groups attached to an aromatic ring is 1. The van der Waals surface area contributed by atoms with E-state index in [0.29, 0.717) is 18.1 Å². The van der Waals surface area contributed by atoms with Crippen LogP contribution < -0.4 is 5.73 Å². The van der Waals surface area contributed by atoms with Crippen LogP contribution in [-0.2, 0) is 6.54 Å². The molecule has 0 saturated heterocycles.